The lowest BCUT2D eigenvalue weighted by molar-refractivity contribution is 0.102. The largest absolute Gasteiger partial charge is 0.497 e. The molecule has 3 aromatic rings. The monoisotopic (exact) mass is 489 g/mol. The Morgan fingerprint density at radius 1 is 0.917 bits per heavy atom. The molecule has 0 atom stereocenters. The van der Waals surface area contributed by atoms with Gasteiger partial charge in [0.1, 0.15) is 17.2 Å². The summed E-state index contributed by atoms with van der Waals surface area (Å²) in [4.78, 5) is 30.2. The Labute approximate surface area is 211 Å². The number of nitrogens with one attached hydrogen (secondary N) is 1. The quantitative estimate of drug-likeness (QED) is 0.476. The zero-order valence-electron chi connectivity index (χ0n) is 21.0. The Hall–Kier alpha value is -4.20. The van der Waals surface area contributed by atoms with Crippen LogP contribution in [-0.4, -0.2) is 51.3 Å². The van der Waals surface area contributed by atoms with E-state index in [0.29, 0.717) is 53.8 Å². The summed E-state index contributed by atoms with van der Waals surface area (Å²) < 4.78 is 16.1. The molecule has 8 nitrogen and oxygen atoms in total. The number of hydrogen-bond donors (Lipinski definition) is 1. The van der Waals surface area contributed by atoms with Crippen LogP contribution in [0.3, 0.4) is 0 Å². The van der Waals surface area contributed by atoms with Gasteiger partial charge in [0.05, 0.1) is 38.3 Å². The maximum absolute atomic E-state index is 13.6. The molecule has 0 aromatic heterocycles. The average molecular weight is 490 g/mol. The Kier molecular flexibility index (Phi) is 7.63. The van der Waals surface area contributed by atoms with Crippen molar-refractivity contribution in [2.75, 3.05) is 44.6 Å². The van der Waals surface area contributed by atoms with Crippen LogP contribution in [0.15, 0.2) is 60.7 Å². The number of amides is 3. The fourth-order valence-electron chi connectivity index (χ4n) is 4.34. The molecule has 0 bridgehead atoms. The van der Waals surface area contributed by atoms with Crippen molar-refractivity contribution in [3.8, 4) is 17.2 Å². The maximum Gasteiger partial charge on any atom is 0.324 e. The van der Waals surface area contributed by atoms with Gasteiger partial charge in [-0.2, -0.15) is 0 Å². The SMILES string of the molecule is COc1cc(CN2CCCN(c3ccc(C)cc3NC(=O)c3ccccc3OC)C2=O)cc(OC)c1. The number of ether oxygens (including phenoxy) is 3. The first kappa shape index (κ1) is 24.9. The minimum Gasteiger partial charge on any atom is -0.497 e. The van der Waals surface area contributed by atoms with E-state index in [1.165, 1.54) is 7.11 Å². The summed E-state index contributed by atoms with van der Waals surface area (Å²) in [5.74, 6) is 1.53. The maximum atomic E-state index is 13.6. The van der Waals surface area contributed by atoms with Crippen LogP contribution in [-0.2, 0) is 6.54 Å². The number of anilines is 2. The van der Waals surface area contributed by atoms with Crippen LogP contribution in [0.25, 0.3) is 0 Å². The van der Waals surface area contributed by atoms with Crippen LogP contribution in [0.4, 0.5) is 16.2 Å². The highest BCUT2D eigenvalue weighted by Crippen LogP contribution is 2.32. The van der Waals surface area contributed by atoms with Gasteiger partial charge in [-0.15, -0.1) is 0 Å². The fraction of sp³-hybridized carbons (Fsp3) is 0.286. The fourth-order valence-corrected chi connectivity index (χ4v) is 4.34. The predicted molar refractivity (Wildman–Crippen MR) is 139 cm³/mol. The molecule has 8 heteroatoms. The summed E-state index contributed by atoms with van der Waals surface area (Å²) in [5, 5.41) is 2.99. The predicted octanol–water partition coefficient (Wildman–Crippen LogP) is 5.11. The molecule has 0 aliphatic carbocycles. The van der Waals surface area contributed by atoms with Gasteiger partial charge >= 0.3 is 6.03 Å². The lowest BCUT2D eigenvalue weighted by Crippen LogP contribution is -2.49. The Morgan fingerprint density at radius 2 is 1.64 bits per heavy atom. The zero-order valence-corrected chi connectivity index (χ0v) is 21.0. The van der Waals surface area contributed by atoms with Gasteiger partial charge in [0.2, 0.25) is 0 Å². The van der Waals surface area contributed by atoms with Gasteiger partial charge < -0.3 is 24.4 Å². The third-order valence-electron chi connectivity index (χ3n) is 6.14. The van der Waals surface area contributed by atoms with Crippen LogP contribution < -0.4 is 24.4 Å². The molecule has 1 heterocycles. The van der Waals surface area contributed by atoms with Gasteiger partial charge in [-0.3, -0.25) is 9.69 Å². The first-order valence-corrected chi connectivity index (χ1v) is 11.8. The van der Waals surface area contributed by atoms with Crippen LogP contribution in [0.1, 0.15) is 27.9 Å². The summed E-state index contributed by atoms with van der Waals surface area (Å²) in [7, 11) is 4.73. The van der Waals surface area contributed by atoms with Gasteiger partial charge in [0, 0.05) is 25.7 Å². The van der Waals surface area contributed by atoms with Crippen molar-refractivity contribution in [2.24, 2.45) is 0 Å². The summed E-state index contributed by atoms with van der Waals surface area (Å²) in [6.45, 7) is 3.54. The molecule has 0 saturated carbocycles. The number of methoxy groups -OCH3 is 3. The number of carbonyl (C=O) groups excluding carboxylic acids is 2. The molecule has 1 aliphatic heterocycles. The van der Waals surface area contributed by atoms with E-state index in [1.807, 2.05) is 43.3 Å². The number of rotatable bonds is 8. The molecule has 1 N–H and O–H groups in total. The van der Waals surface area contributed by atoms with E-state index in [0.717, 1.165) is 17.5 Å². The van der Waals surface area contributed by atoms with Gasteiger partial charge in [-0.25, -0.2) is 4.79 Å². The molecule has 3 aromatic carbocycles. The Morgan fingerprint density at radius 3 is 2.33 bits per heavy atom. The van der Waals surface area contributed by atoms with Crippen LogP contribution in [0.2, 0.25) is 0 Å². The van der Waals surface area contributed by atoms with Gasteiger partial charge in [0.25, 0.3) is 5.91 Å². The smallest absolute Gasteiger partial charge is 0.324 e. The summed E-state index contributed by atoms with van der Waals surface area (Å²) in [6, 6.07) is 18.2. The summed E-state index contributed by atoms with van der Waals surface area (Å²) in [5.41, 5.74) is 3.53. The average Bonchev–Trinajstić information content (AvgIpc) is 2.90. The van der Waals surface area contributed by atoms with Crippen molar-refractivity contribution in [3.63, 3.8) is 0 Å². The number of aryl methyl sites for hydroxylation is 1. The molecule has 1 saturated heterocycles. The molecular weight excluding hydrogens is 458 g/mol. The third-order valence-corrected chi connectivity index (χ3v) is 6.14. The lowest BCUT2D eigenvalue weighted by atomic mass is 10.1. The van der Waals surface area contributed by atoms with Gasteiger partial charge in [-0.05, 0) is 60.9 Å². The molecule has 1 fully saturated rings. The highest BCUT2D eigenvalue weighted by atomic mass is 16.5. The molecule has 1 aliphatic rings. The third kappa shape index (κ3) is 5.38. The van der Waals surface area contributed by atoms with Gasteiger partial charge in [-0.1, -0.05) is 18.2 Å². The molecule has 0 unspecified atom stereocenters. The first-order chi connectivity index (χ1) is 17.4. The van der Waals surface area contributed by atoms with Crippen molar-refractivity contribution in [1.29, 1.82) is 0 Å². The van der Waals surface area contributed by atoms with Gasteiger partial charge in [0.15, 0.2) is 0 Å². The van der Waals surface area contributed by atoms with Crippen molar-refractivity contribution >= 4 is 23.3 Å². The van der Waals surface area contributed by atoms with Crippen molar-refractivity contribution in [2.45, 2.75) is 19.9 Å². The van der Waals surface area contributed by atoms with E-state index in [-0.39, 0.29) is 11.9 Å². The van der Waals surface area contributed by atoms with Crippen LogP contribution in [0.5, 0.6) is 17.2 Å². The molecule has 36 heavy (non-hydrogen) atoms. The number of para-hydroxylation sites is 1. The highest BCUT2D eigenvalue weighted by Gasteiger charge is 2.29. The molecule has 0 radical (unpaired) electrons. The summed E-state index contributed by atoms with van der Waals surface area (Å²) in [6.07, 6.45) is 0.792. The molecule has 0 spiro atoms. The second-order valence-electron chi connectivity index (χ2n) is 8.61. The number of nitrogens with zero attached hydrogens (tertiary/aromatic N) is 2. The van der Waals surface area contributed by atoms with E-state index in [4.69, 9.17) is 14.2 Å². The van der Waals surface area contributed by atoms with Crippen LogP contribution >= 0.6 is 0 Å². The molecule has 188 valence electrons. The molecular formula is C28H31N3O5. The number of urea groups is 1. The normalized spacial score (nSPS) is 13.4. The van der Waals surface area contributed by atoms with Crippen molar-refractivity contribution < 1.29 is 23.8 Å². The van der Waals surface area contributed by atoms with Crippen molar-refractivity contribution in [3.05, 3.63) is 77.4 Å². The molecule has 4 rings (SSSR count). The minimum atomic E-state index is -0.302. The van der Waals surface area contributed by atoms with E-state index in [9.17, 15) is 9.59 Å². The lowest BCUT2D eigenvalue weighted by Gasteiger charge is -2.36. The molecule has 3 amide bonds. The topological polar surface area (TPSA) is 80.3 Å². The standard InChI is InChI=1S/C28H31N3O5/c1-19-10-11-25(24(14-19)29-27(32)23-8-5-6-9-26(23)36-4)31-13-7-12-30(28(31)33)18-20-15-21(34-2)17-22(16-20)35-3/h5-6,8-11,14-17H,7,12-13,18H2,1-4H3,(H,29,32). The number of carbonyl (C=O) groups is 2. The van der Waals surface area contributed by atoms with E-state index in [1.54, 1.807) is 48.3 Å². The van der Waals surface area contributed by atoms with E-state index < -0.39 is 0 Å². The zero-order chi connectivity index (χ0) is 25.7. The number of benzene rings is 3. The second kappa shape index (κ2) is 11.0. The van der Waals surface area contributed by atoms with Crippen molar-refractivity contribution in [1.82, 2.24) is 4.90 Å². The number of hydrogen-bond acceptors (Lipinski definition) is 5. The van der Waals surface area contributed by atoms with Crippen LogP contribution in [0, 0.1) is 6.92 Å². The minimum absolute atomic E-state index is 0.125. The Bertz CT molecular complexity index is 1240. The van der Waals surface area contributed by atoms with E-state index in [2.05, 4.69) is 5.32 Å². The first-order valence-electron chi connectivity index (χ1n) is 11.8. The van der Waals surface area contributed by atoms with E-state index >= 15 is 0 Å². The second-order valence-corrected chi connectivity index (χ2v) is 8.61. The Balaban J connectivity index is 1.59. The highest BCUT2D eigenvalue weighted by molar-refractivity contribution is 6.09. The summed E-state index contributed by atoms with van der Waals surface area (Å²) >= 11 is 0.